The van der Waals surface area contributed by atoms with Crippen molar-refractivity contribution < 1.29 is 22.5 Å². The molecule has 1 amide bonds. The van der Waals surface area contributed by atoms with Gasteiger partial charge in [0.25, 0.3) is 10.1 Å². The molecule has 0 aliphatic carbocycles. The smallest absolute Gasteiger partial charge is 0.281 e. The molecule has 0 radical (unpaired) electrons. The van der Waals surface area contributed by atoms with E-state index in [0.29, 0.717) is 18.0 Å². The van der Waals surface area contributed by atoms with E-state index in [1.165, 1.54) is 12.1 Å². The van der Waals surface area contributed by atoms with Crippen LogP contribution in [0.15, 0.2) is 84.9 Å². The quantitative estimate of drug-likeness (QED) is 0.591. The molecule has 0 heterocycles. The Bertz CT molecular complexity index is 1040. The Hall–Kier alpha value is -3.16. The number of carbonyl (C=O) groups is 1. The standard InChI is InChI=1S/C21H19NO5S/c23-21(20(28(24,25)26)17-10-5-2-6-11-17)22-18-12-7-13-19(14-18)27-15-16-8-3-1-4-9-16/h1-14,20H,15H2,(H,22,23)(H,24,25,26). The van der Waals surface area contributed by atoms with Gasteiger partial charge in [-0.15, -0.1) is 0 Å². The summed E-state index contributed by atoms with van der Waals surface area (Å²) in [5, 5.41) is 0.808. The SMILES string of the molecule is O=C(Nc1cccc(OCc2ccccc2)c1)C(c1ccccc1)S(=O)(=O)O. The van der Waals surface area contributed by atoms with Gasteiger partial charge >= 0.3 is 0 Å². The van der Waals surface area contributed by atoms with E-state index in [2.05, 4.69) is 5.32 Å². The number of amides is 1. The second-order valence-electron chi connectivity index (χ2n) is 6.10. The highest BCUT2D eigenvalue weighted by Crippen LogP contribution is 2.25. The first kappa shape index (κ1) is 19.6. The maximum atomic E-state index is 12.6. The second kappa shape index (κ2) is 8.69. The van der Waals surface area contributed by atoms with E-state index in [1.54, 1.807) is 42.5 Å². The lowest BCUT2D eigenvalue weighted by Crippen LogP contribution is -2.27. The van der Waals surface area contributed by atoms with Crippen LogP contribution >= 0.6 is 0 Å². The van der Waals surface area contributed by atoms with E-state index in [1.807, 2.05) is 30.3 Å². The summed E-state index contributed by atoms with van der Waals surface area (Å²) in [6.45, 7) is 0.357. The van der Waals surface area contributed by atoms with E-state index in [9.17, 15) is 17.8 Å². The molecule has 2 N–H and O–H groups in total. The van der Waals surface area contributed by atoms with E-state index < -0.39 is 21.3 Å². The molecule has 6 nitrogen and oxygen atoms in total. The number of rotatable bonds is 7. The zero-order chi connectivity index (χ0) is 20.0. The highest BCUT2D eigenvalue weighted by molar-refractivity contribution is 7.86. The minimum absolute atomic E-state index is 0.180. The summed E-state index contributed by atoms with van der Waals surface area (Å²) in [5.74, 6) is -0.335. The van der Waals surface area contributed by atoms with Crippen LogP contribution in [0.3, 0.4) is 0 Å². The van der Waals surface area contributed by atoms with Crippen LogP contribution in [-0.4, -0.2) is 18.9 Å². The molecule has 144 valence electrons. The maximum absolute atomic E-state index is 12.6. The van der Waals surface area contributed by atoms with Gasteiger partial charge in [-0.2, -0.15) is 8.42 Å². The van der Waals surface area contributed by atoms with Gasteiger partial charge in [-0.25, -0.2) is 0 Å². The molecule has 3 rings (SSSR count). The predicted octanol–water partition coefficient (Wildman–Crippen LogP) is 3.83. The van der Waals surface area contributed by atoms with Crippen LogP contribution in [0.25, 0.3) is 0 Å². The summed E-state index contributed by atoms with van der Waals surface area (Å²) in [4.78, 5) is 12.6. The molecule has 0 aliphatic rings. The number of nitrogens with one attached hydrogen (secondary N) is 1. The number of anilines is 1. The predicted molar refractivity (Wildman–Crippen MR) is 107 cm³/mol. The number of carbonyl (C=O) groups excluding carboxylic acids is 1. The van der Waals surface area contributed by atoms with E-state index in [0.717, 1.165) is 5.56 Å². The van der Waals surface area contributed by atoms with Crippen molar-refractivity contribution in [3.8, 4) is 5.75 Å². The minimum Gasteiger partial charge on any atom is -0.489 e. The summed E-state index contributed by atoms with van der Waals surface area (Å²) in [6.07, 6.45) is 0. The number of hydrogen-bond acceptors (Lipinski definition) is 4. The van der Waals surface area contributed by atoms with Crippen LogP contribution in [0.1, 0.15) is 16.4 Å². The molecule has 0 aliphatic heterocycles. The van der Waals surface area contributed by atoms with Gasteiger partial charge in [0.05, 0.1) is 0 Å². The lowest BCUT2D eigenvalue weighted by Gasteiger charge is -2.15. The third kappa shape index (κ3) is 5.18. The van der Waals surface area contributed by atoms with Crippen molar-refractivity contribution in [1.82, 2.24) is 0 Å². The minimum atomic E-state index is -4.64. The van der Waals surface area contributed by atoms with Crippen LogP contribution in [0.2, 0.25) is 0 Å². The lowest BCUT2D eigenvalue weighted by atomic mass is 10.1. The molecular formula is C21H19NO5S. The molecule has 3 aromatic rings. The van der Waals surface area contributed by atoms with Crippen LogP contribution in [0.5, 0.6) is 5.75 Å². The highest BCUT2D eigenvalue weighted by atomic mass is 32.2. The van der Waals surface area contributed by atoms with Gasteiger partial charge in [0.1, 0.15) is 12.4 Å². The number of benzene rings is 3. The average Bonchev–Trinajstić information content (AvgIpc) is 2.67. The third-order valence-electron chi connectivity index (χ3n) is 3.99. The molecule has 0 fully saturated rings. The first-order valence-corrected chi connectivity index (χ1v) is 10.0. The molecule has 3 aromatic carbocycles. The van der Waals surface area contributed by atoms with Crippen LogP contribution < -0.4 is 10.1 Å². The topological polar surface area (TPSA) is 92.7 Å². The Balaban J connectivity index is 1.74. The number of hydrogen-bond donors (Lipinski definition) is 2. The fourth-order valence-corrected chi connectivity index (χ4v) is 3.53. The Morgan fingerprint density at radius 2 is 1.57 bits per heavy atom. The van der Waals surface area contributed by atoms with Crippen molar-refractivity contribution in [3.63, 3.8) is 0 Å². The molecular weight excluding hydrogens is 378 g/mol. The Morgan fingerprint density at radius 3 is 2.21 bits per heavy atom. The Morgan fingerprint density at radius 1 is 0.929 bits per heavy atom. The maximum Gasteiger partial charge on any atom is 0.281 e. The number of ether oxygens (including phenoxy) is 1. The molecule has 0 aromatic heterocycles. The average molecular weight is 397 g/mol. The molecule has 0 bridgehead atoms. The largest absolute Gasteiger partial charge is 0.489 e. The summed E-state index contributed by atoms with van der Waals surface area (Å²) in [6, 6.07) is 24.0. The van der Waals surface area contributed by atoms with Gasteiger partial charge < -0.3 is 10.1 Å². The normalized spacial score (nSPS) is 12.2. The molecule has 0 spiro atoms. The van der Waals surface area contributed by atoms with Gasteiger partial charge in [-0.1, -0.05) is 66.7 Å². The highest BCUT2D eigenvalue weighted by Gasteiger charge is 2.32. The van der Waals surface area contributed by atoms with Crippen molar-refractivity contribution in [1.29, 1.82) is 0 Å². The first-order chi connectivity index (χ1) is 13.4. The Labute approximate surface area is 163 Å². The molecule has 1 atom stereocenters. The van der Waals surface area contributed by atoms with Gasteiger partial charge in [0.2, 0.25) is 5.91 Å². The fourth-order valence-electron chi connectivity index (χ4n) is 2.70. The molecule has 0 saturated carbocycles. The zero-order valence-electron chi connectivity index (χ0n) is 14.9. The molecule has 7 heteroatoms. The summed E-state index contributed by atoms with van der Waals surface area (Å²) in [7, 11) is -4.64. The van der Waals surface area contributed by atoms with Gasteiger partial charge in [0, 0.05) is 11.8 Å². The zero-order valence-corrected chi connectivity index (χ0v) is 15.7. The first-order valence-electron chi connectivity index (χ1n) is 8.52. The van der Waals surface area contributed by atoms with Crippen molar-refractivity contribution >= 4 is 21.7 Å². The van der Waals surface area contributed by atoms with Crippen molar-refractivity contribution in [3.05, 3.63) is 96.1 Å². The van der Waals surface area contributed by atoms with E-state index in [-0.39, 0.29) is 5.56 Å². The third-order valence-corrected chi connectivity index (χ3v) is 5.07. The Kier molecular flexibility index (Phi) is 6.08. The summed E-state index contributed by atoms with van der Waals surface area (Å²) in [5.41, 5.74) is 1.53. The van der Waals surface area contributed by atoms with Gasteiger partial charge in [-0.3, -0.25) is 9.35 Å². The fraction of sp³-hybridized carbons (Fsp3) is 0.0952. The van der Waals surface area contributed by atoms with Crippen LogP contribution in [0, 0.1) is 0 Å². The monoisotopic (exact) mass is 397 g/mol. The van der Waals surface area contributed by atoms with Crippen molar-refractivity contribution in [2.45, 2.75) is 11.9 Å². The molecule has 1 unspecified atom stereocenters. The lowest BCUT2D eigenvalue weighted by molar-refractivity contribution is -0.116. The van der Waals surface area contributed by atoms with Crippen molar-refractivity contribution in [2.24, 2.45) is 0 Å². The molecule has 28 heavy (non-hydrogen) atoms. The summed E-state index contributed by atoms with van der Waals surface area (Å²) >= 11 is 0. The van der Waals surface area contributed by atoms with Crippen LogP contribution in [-0.2, 0) is 21.5 Å². The van der Waals surface area contributed by atoms with Crippen LogP contribution in [0.4, 0.5) is 5.69 Å². The van der Waals surface area contributed by atoms with E-state index in [4.69, 9.17) is 4.74 Å². The van der Waals surface area contributed by atoms with Gasteiger partial charge in [0.15, 0.2) is 5.25 Å². The van der Waals surface area contributed by atoms with E-state index >= 15 is 0 Å². The van der Waals surface area contributed by atoms with Crippen molar-refractivity contribution in [2.75, 3.05) is 5.32 Å². The second-order valence-corrected chi connectivity index (χ2v) is 7.60. The molecule has 0 saturated heterocycles. The van der Waals surface area contributed by atoms with Gasteiger partial charge in [-0.05, 0) is 23.3 Å². The summed E-state index contributed by atoms with van der Waals surface area (Å²) < 4.78 is 38.8.